The molecule has 0 aromatic heterocycles. The van der Waals surface area contributed by atoms with Crippen molar-refractivity contribution in [3.05, 3.63) is 29.8 Å². The molecule has 1 aromatic carbocycles. The largest absolute Gasteiger partial charge is 0.484 e. The number of hydrogen-bond donors (Lipinski definition) is 2. The minimum absolute atomic E-state index is 0.147. The molecule has 152 valence electrons. The number of benzene rings is 1. The highest BCUT2D eigenvalue weighted by Gasteiger charge is 2.27. The summed E-state index contributed by atoms with van der Waals surface area (Å²) in [5.41, 5.74) is 5.53. The average molecular weight is 391 g/mol. The van der Waals surface area contributed by atoms with Crippen LogP contribution in [0, 0.1) is 0 Å². The van der Waals surface area contributed by atoms with Crippen molar-refractivity contribution in [3.63, 3.8) is 0 Å². The van der Waals surface area contributed by atoms with Crippen LogP contribution in [0.2, 0.25) is 0 Å². The van der Waals surface area contributed by atoms with Gasteiger partial charge in [-0.2, -0.15) is 0 Å². The Morgan fingerprint density at radius 3 is 2.43 bits per heavy atom. The molecule has 1 fully saturated rings. The minimum Gasteiger partial charge on any atom is -0.484 e. The van der Waals surface area contributed by atoms with Crippen molar-refractivity contribution in [2.45, 2.75) is 32.2 Å². The van der Waals surface area contributed by atoms with Gasteiger partial charge in [0, 0.05) is 31.6 Å². The summed E-state index contributed by atoms with van der Waals surface area (Å²) >= 11 is 0. The Morgan fingerprint density at radius 1 is 1.18 bits per heavy atom. The van der Waals surface area contributed by atoms with E-state index in [1.54, 1.807) is 17.0 Å². The molecule has 1 atom stereocenters. The van der Waals surface area contributed by atoms with E-state index in [0.717, 1.165) is 0 Å². The highest BCUT2D eigenvalue weighted by Crippen LogP contribution is 2.18. The third-order valence-electron chi connectivity index (χ3n) is 4.70. The number of amides is 3. The smallest absolute Gasteiger partial charge is 0.323 e. The predicted octanol–water partition coefficient (Wildman–Crippen LogP) is 0.479. The molecule has 1 heterocycles. The molecule has 3 amide bonds. The number of carbonyl (C=O) groups excluding carboxylic acids is 3. The number of hydrogen-bond acceptors (Lipinski definition) is 5. The molecule has 3 N–H and O–H groups in total. The molecule has 2 rings (SSSR count). The van der Waals surface area contributed by atoms with E-state index in [2.05, 4.69) is 0 Å². The predicted molar refractivity (Wildman–Crippen MR) is 99.7 cm³/mol. The highest BCUT2D eigenvalue weighted by atomic mass is 16.5. The van der Waals surface area contributed by atoms with E-state index in [1.807, 2.05) is 0 Å². The van der Waals surface area contributed by atoms with Crippen LogP contribution in [0.1, 0.15) is 36.5 Å². The van der Waals surface area contributed by atoms with Gasteiger partial charge in [-0.15, -0.1) is 0 Å². The molecule has 1 aliphatic rings. The molecule has 0 saturated carbocycles. The first kappa shape index (κ1) is 21.2. The lowest BCUT2D eigenvalue weighted by Crippen LogP contribution is -2.43. The van der Waals surface area contributed by atoms with Crippen LogP contribution in [0.4, 0.5) is 0 Å². The van der Waals surface area contributed by atoms with Gasteiger partial charge in [-0.25, -0.2) is 0 Å². The normalized spacial score (nSPS) is 16.8. The molecule has 0 aliphatic carbocycles. The Hall–Kier alpha value is -3.10. The van der Waals surface area contributed by atoms with Gasteiger partial charge in [0.1, 0.15) is 12.3 Å². The lowest BCUT2D eigenvalue weighted by atomic mass is 10.1. The summed E-state index contributed by atoms with van der Waals surface area (Å²) < 4.78 is 5.48. The van der Waals surface area contributed by atoms with E-state index in [9.17, 15) is 19.2 Å². The molecule has 0 spiro atoms. The topological polar surface area (TPSA) is 130 Å². The number of likely N-dealkylation sites (tertiary alicyclic amines) is 1. The Balaban J connectivity index is 1.88. The van der Waals surface area contributed by atoms with Gasteiger partial charge in [-0.3, -0.25) is 19.2 Å². The summed E-state index contributed by atoms with van der Waals surface area (Å²) in [5, 5.41) is 9.00. The van der Waals surface area contributed by atoms with Gasteiger partial charge in [-0.1, -0.05) is 0 Å². The number of primary amides is 1. The minimum atomic E-state index is -1.05. The molecule has 9 nitrogen and oxygen atoms in total. The monoisotopic (exact) mass is 391 g/mol. The van der Waals surface area contributed by atoms with Crippen LogP contribution in [-0.2, 0) is 14.4 Å². The lowest BCUT2D eigenvalue weighted by Gasteiger charge is -2.28. The molecule has 0 bridgehead atoms. The quantitative estimate of drug-likeness (QED) is 0.695. The standard InChI is InChI=1S/C19H25N3O6/c1-13(23)22(11-18(25)26)15-3-2-9-21(10-8-15)17(24)12-28-16-6-4-14(5-7-16)19(20)27/h4-7,15H,2-3,8-12H2,1H3,(H2,20,27)(H,25,26). The van der Waals surface area contributed by atoms with Crippen molar-refractivity contribution in [1.82, 2.24) is 9.80 Å². The van der Waals surface area contributed by atoms with Crippen LogP contribution in [0.5, 0.6) is 5.75 Å². The maximum Gasteiger partial charge on any atom is 0.323 e. The second kappa shape index (κ2) is 9.72. The second-order valence-corrected chi connectivity index (χ2v) is 6.68. The van der Waals surface area contributed by atoms with E-state index in [-0.39, 0.29) is 31.0 Å². The summed E-state index contributed by atoms with van der Waals surface area (Å²) in [6.07, 6.45) is 1.84. The van der Waals surface area contributed by atoms with Gasteiger partial charge >= 0.3 is 5.97 Å². The number of ether oxygens (including phenoxy) is 1. The van der Waals surface area contributed by atoms with Gasteiger partial charge in [0.2, 0.25) is 11.8 Å². The van der Waals surface area contributed by atoms with Crippen molar-refractivity contribution >= 4 is 23.7 Å². The van der Waals surface area contributed by atoms with Gasteiger partial charge in [0.15, 0.2) is 6.61 Å². The molecule has 0 radical (unpaired) electrons. The van der Waals surface area contributed by atoms with E-state index in [0.29, 0.717) is 43.7 Å². The second-order valence-electron chi connectivity index (χ2n) is 6.68. The van der Waals surface area contributed by atoms with Crippen LogP contribution < -0.4 is 10.5 Å². The first-order valence-corrected chi connectivity index (χ1v) is 9.07. The molecule has 1 aliphatic heterocycles. The van der Waals surface area contributed by atoms with E-state index < -0.39 is 11.9 Å². The van der Waals surface area contributed by atoms with Crippen molar-refractivity contribution < 1.29 is 29.0 Å². The van der Waals surface area contributed by atoms with Gasteiger partial charge in [0.25, 0.3) is 5.91 Å². The molecule has 9 heteroatoms. The van der Waals surface area contributed by atoms with E-state index >= 15 is 0 Å². The number of carbonyl (C=O) groups is 4. The van der Waals surface area contributed by atoms with Crippen LogP contribution in [-0.4, -0.2) is 70.9 Å². The molecule has 28 heavy (non-hydrogen) atoms. The van der Waals surface area contributed by atoms with Crippen molar-refractivity contribution in [1.29, 1.82) is 0 Å². The van der Waals surface area contributed by atoms with E-state index in [4.69, 9.17) is 15.6 Å². The van der Waals surface area contributed by atoms with Crippen LogP contribution in [0.25, 0.3) is 0 Å². The molecule has 1 aromatic rings. The maximum absolute atomic E-state index is 12.4. The fourth-order valence-electron chi connectivity index (χ4n) is 3.23. The summed E-state index contributed by atoms with van der Waals surface area (Å²) in [5.74, 6) is -1.61. The van der Waals surface area contributed by atoms with Crippen LogP contribution in [0.3, 0.4) is 0 Å². The van der Waals surface area contributed by atoms with Gasteiger partial charge in [-0.05, 0) is 43.5 Å². The van der Waals surface area contributed by atoms with Crippen LogP contribution in [0.15, 0.2) is 24.3 Å². The van der Waals surface area contributed by atoms with Crippen molar-refractivity contribution in [3.8, 4) is 5.75 Å². The SMILES string of the molecule is CC(=O)N(CC(=O)O)C1CCCN(C(=O)COc2ccc(C(N)=O)cc2)CC1. The summed E-state index contributed by atoms with van der Waals surface area (Å²) in [6.45, 7) is 1.83. The summed E-state index contributed by atoms with van der Waals surface area (Å²) in [6, 6.07) is 5.99. The summed E-state index contributed by atoms with van der Waals surface area (Å²) in [4.78, 5) is 49.3. The molecular formula is C19H25N3O6. The molecular weight excluding hydrogens is 366 g/mol. The lowest BCUT2D eigenvalue weighted by molar-refractivity contribution is -0.145. The Morgan fingerprint density at radius 2 is 1.86 bits per heavy atom. The highest BCUT2D eigenvalue weighted by molar-refractivity contribution is 5.92. The Labute approximate surface area is 163 Å². The van der Waals surface area contributed by atoms with Gasteiger partial charge < -0.3 is 25.4 Å². The number of carboxylic acids is 1. The zero-order valence-electron chi connectivity index (χ0n) is 15.8. The third-order valence-corrected chi connectivity index (χ3v) is 4.70. The molecule has 1 unspecified atom stereocenters. The van der Waals surface area contributed by atoms with E-state index in [1.165, 1.54) is 24.0 Å². The van der Waals surface area contributed by atoms with Crippen molar-refractivity contribution in [2.24, 2.45) is 5.73 Å². The zero-order valence-corrected chi connectivity index (χ0v) is 15.8. The number of nitrogens with two attached hydrogens (primary N) is 1. The first-order valence-electron chi connectivity index (χ1n) is 9.07. The third kappa shape index (κ3) is 5.97. The number of nitrogens with zero attached hydrogens (tertiary/aromatic N) is 2. The first-order chi connectivity index (χ1) is 13.3. The number of rotatable bonds is 7. The van der Waals surface area contributed by atoms with Crippen molar-refractivity contribution in [2.75, 3.05) is 26.2 Å². The van der Waals surface area contributed by atoms with Gasteiger partial charge in [0.05, 0.1) is 0 Å². The maximum atomic E-state index is 12.4. The summed E-state index contributed by atoms with van der Waals surface area (Å²) in [7, 11) is 0. The molecule has 1 saturated heterocycles. The Bertz CT molecular complexity index is 734. The Kier molecular flexibility index (Phi) is 7.36. The fraction of sp³-hybridized carbons (Fsp3) is 0.474. The number of carboxylic acid groups (broad SMARTS) is 1. The fourth-order valence-corrected chi connectivity index (χ4v) is 3.23. The zero-order chi connectivity index (χ0) is 20.7. The number of aliphatic carboxylic acids is 1. The average Bonchev–Trinajstić information content (AvgIpc) is 2.90. The van der Waals surface area contributed by atoms with Crippen LogP contribution >= 0.6 is 0 Å².